The van der Waals surface area contributed by atoms with Crippen molar-refractivity contribution >= 4 is 27.9 Å². The van der Waals surface area contributed by atoms with Crippen LogP contribution in [0.25, 0.3) is 0 Å². The number of ether oxygens (including phenoxy) is 2. The molecule has 0 fully saturated rings. The van der Waals surface area contributed by atoms with Gasteiger partial charge in [0.25, 0.3) is 0 Å². The van der Waals surface area contributed by atoms with Crippen LogP contribution in [-0.2, 0) is 19.1 Å². The lowest BCUT2D eigenvalue weighted by atomic mass is 10.3. The van der Waals surface area contributed by atoms with Gasteiger partial charge in [0.15, 0.2) is 0 Å². The molecule has 0 aliphatic carbocycles. The van der Waals surface area contributed by atoms with Gasteiger partial charge in [0.1, 0.15) is 5.33 Å². The summed E-state index contributed by atoms with van der Waals surface area (Å²) in [4.78, 5) is 21.2. The van der Waals surface area contributed by atoms with E-state index >= 15 is 0 Å². The summed E-state index contributed by atoms with van der Waals surface area (Å²) in [6.07, 6.45) is 2.48. The quantitative estimate of drug-likeness (QED) is 0.302. The van der Waals surface area contributed by atoms with Crippen LogP contribution < -0.4 is 0 Å². The van der Waals surface area contributed by atoms with E-state index in [0.29, 0.717) is 26.1 Å². The fraction of sp³-hybridized carbons (Fsp3) is 0.556. The second kappa shape index (κ2) is 8.74. The van der Waals surface area contributed by atoms with Crippen molar-refractivity contribution in [3.63, 3.8) is 0 Å². The van der Waals surface area contributed by atoms with Gasteiger partial charge < -0.3 is 9.47 Å². The summed E-state index contributed by atoms with van der Waals surface area (Å²) in [5, 5.41) is 0.207. The maximum Gasteiger partial charge on any atom is 0.330 e. The van der Waals surface area contributed by atoms with Gasteiger partial charge in [-0.3, -0.25) is 4.79 Å². The van der Waals surface area contributed by atoms with Crippen LogP contribution in [0.15, 0.2) is 12.7 Å². The first-order valence-corrected chi connectivity index (χ1v) is 5.33. The summed E-state index contributed by atoms with van der Waals surface area (Å²) < 4.78 is 9.50. The number of unbranched alkanes of at least 4 members (excludes halogenated alkanes) is 1. The van der Waals surface area contributed by atoms with Crippen LogP contribution in [0.1, 0.15) is 12.8 Å². The molecule has 0 rings (SSSR count). The van der Waals surface area contributed by atoms with E-state index in [1.54, 1.807) is 0 Å². The molecule has 14 heavy (non-hydrogen) atoms. The van der Waals surface area contributed by atoms with Crippen molar-refractivity contribution < 1.29 is 19.1 Å². The highest BCUT2D eigenvalue weighted by Gasteiger charge is 1.99. The van der Waals surface area contributed by atoms with Crippen molar-refractivity contribution in [1.29, 1.82) is 0 Å². The standard InChI is InChI=1S/C9H13BrO4/c1-2-8(11)13-5-3-4-6-14-9(12)7-10/h2H,1,3-7H2. The topological polar surface area (TPSA) is 52.6 Å². The SMILES string of the molecule is C=CC(=O)OCCCCOC(=O)CBr. The van der Waals surface area contributed by atoms with Gasteiger partial charge in [0.2, 0.25) is 0 Å². The molecule has 0 unspecified atom stereocenters. The van der Waals surface area contributed by atoms with Gasteiger partial charge in [-0.25, -0.2) is 4.79 Å². The molecule has 0 aliphatic rings. The molecular formula is C9H13BrO4. The minimum Gasteiger partial charge on any atom is -0.465 e. The van der Waals surface area contributed by atoms with Crippen LogP contribution in [-0.4, -0.2) is 30.5 Å². The zero-order valence-electron chi connectivity index (χ0n) is 7.83. The van der Waals surface area contributed by atoms with Crippen LogP contribution in [0.2, 0.25) is 0 Å². The Bertz CT molecular complexity index is 203. The average molecular weight is 265 g/mol. The average Bonchev–Trinajstić information content (AvgIpc) is 2.22. The van der Waals surface area contributed by atoms with E-state index in [0.717, 1.165) is 6.08 Å². The van der Waals surface area contributed by atoms with Crippen LogP contribution in [0, 0.1) is 0 Å². The zero-order chi connectivity index (χ0) is 10.8. The summed E-state index contributed by atoms with van der Waals surface area (Å²) in [6, 6.07) is 0. The summed E-state index contributed by atoms with van der Waals surface area (Å²) >= 11 is 2.97. The first kappa shape index (κ1) is 13.2. The number of rotatable bonds is 7. The fourth-order valence-electron chi connectivity index (χ4n) is 0.660. The Kier molecular flexibility index (Phi) is 8.22. The van der Waals surface area contributed by atoms with Crippen molar-refractivity contribution in [1.82, 2.24) is 0 Å². The monoisotopic (exact) mass is 264 g/mol. The lowest BCUT2D eigenvalue weighted by Gasteiger charge is -2.03. The normalized spacial score (nSPS) is 9.21. The third-order valence-corrected chi connectivity index (χ3v) is 1.78. The van der Waals surface area contributed by atoms with Crippen LogP contribution in [0.3, 0.4) is 0 Å². The molecule has 0 atom stereocenters. The molecule has 0 amide bonds. The van der Waals surface area contributed by atoms with Gasteiger partial charge in [0.05, 0.1) is 13.2 Å². The maximum atomic E-state index is 10.6. The van der Waals surface area contributed by atoms with Crippen LogP contribution in [0.4, 0.5) is 0 Å². The molecule has 4 nitrogen and oxygen atoms in total. The number of esters is 2. The number of hydrogen-bond acceptors (Lipinski definition) is 4. The fourth-order valence-corrected chi connectivity index (χ4v) is 0.822. The van der Waals surface area contributed by atoms with E-state index in [1.807, 2.05) is 0 Å². The molecule has 0 radical (unpaired) electrons. The minimum absolute atomic E-state index is 0.207. The van der Waals surface area contributed by atoms with Crippen LogP contribution in [0.5, 0.6) is 0 Å². The van der Waals surface area contributed by atoms with Crippen molar-refractivity contribution in [2.75, 3.05) is 18.5 Å². The van der Waals surface area contributed by atoms with E-state index < -0.39 is 5.97 Å². The molecule has 0 aromatic carbocycles. The number of carbonyl (C=O) groups excluding carboxylic acids is 2. The summed E-state index contributed by atoms with van der Waals surface area (Å²) in [5.74, 6) is -0.712. The van der Waals surface area contributed by atoms with Crippen molar-refractivity contribution in [2.45, 2.75) is 12.8 Å². The highest BCUT2D eigenvalue weighted by molar-refractivity contribution is 9.09. The van der Waals surface area contributed by atoms with Gasteiger partial charge in [0, 0.05) is 6.08 Å². The van der Waals surface area contributed by atoms with Crippen molar-refractivity contribution in [3.8, 4) is 0 Å². The molecule has 0 aromatic heterocycles. The number of halogens is 1. The second-order valence-electron chi connectivity index (χ2n) is 2.43. The molecule has 0 saturated heterocycles. The van der Waals surface area contributed by atoms with Crippen molar-refractivity contribution in [2.24, 2.45) is 0 Å². The van der Waals surface area contributed by atoms with Gasteiger partial charge in [-0.15, -0.1) is 0 Å². The van der Waals surface area contributed by atoms with Gasteiger partial charge in [-0.2, -0.15) is 0 Å². The molecule has 0 aliphatic heterocycles. The predicted molar refractivity (Wildman–Crippen MR) is 55.1 cm³/mol. The summed E-state index contributed by atoms with van der Waals surface area (Å²) in [6.45, 7) is 3.95. The number of hydrogen-bond donors (Lipinski definition) is 0. The van der Waals surface area contributed by atoms with Crippen molar-refractivity contribution in [3.05, 3.63) is 12.7 Å². The lowest BCUT2D eigenvalue weighted by Crippen LogP contribution is -2.08. The Balaban J connectivity index is 3.18. The number of carbonyl (C=O) groups is 2. The van der Waals surface area contributed by atoms with E-state index in [2.05, 4.69) is 22.5 Å². The highest BCUT2D eigenvalue weighted by atomic mass is 79.9. The van der Waals surface area contributed by atoms with Gasteiger partial charge >= 0.3 is 11.9 Å². The Morgan fingerprint density at radius 1 is 1.21 bits per heavy atom. The van der Waals surface area contributed by atoms with E-state index in [-0.39, 0.29) is 11.3 Å². The van der Waals surface area contributed by atoms with Gasteiger partial charge in [-0.1, -0.05) is 22.5 Å². The minimum atomic E-state index is -0.428. The zero-order valence-corrected chi connectivity index (χ0v) is 9.42. The summed E-state index contributed by atoms with van der Waals surface area (Å²) in [5.41, 5.74) is 0. The lowest BCUT2D eigenvalue weighted by molar-refractivity contribution is -0.141. The second-order valence-corrected chi connectivity index (χ2v) is 2.99. The first-order valence-electron chi connectivity index (χ1n) is 4.21. The molecule has 5 heteroatoms. The molecule has 0 spiro atoms. The van der Waals surface area contributed by atoms with E-state index in [1.165, 1.54) is 0 Å². The Labute approximate surface area is 91.4 Å². The summed E-state index contributed by atoms with van der Waals surface area (Å²) in [7, 11) is 0. The smallest absolute Gasteiger partial charge is 0.330 e. The molecule has 0 heterocycles. The third kappa shape index (κ3) is 7.79. The highest BCUT2D eigenvalue weighted by Crippen LogP contribution is 1.94. The number of alkyl halides is 1. The molecule has 80 valence electrons. The van der Waals surface area contributed by atoms with Crippen LogP contribution >= 0.6 is 15.9 Å². The maximum absolute atomic E-state index is 10.6. The van der Waals surface area contributed by atoms with Gasteiger partial charge in [-0.05, 0) is 12.8 Å². The Hall–Kier alpha value is -0.840. The first-order chi connectivity index (χ1) is 6.70. The molecular weight excluding hydrogens is 252 g/mol. The predicted octanol–water partition coefficient (Wildman–Crippen LogP) is 1.43. The molecule has 0 aromatic rings. The molecule has 0 N–H and O–H groups in total. The van der Waals surface area contributed by atoms with E-state index in [9.17, 15) is 9.59 Å². The Morgan fingerprint density at radius 2 is 1.79 bits per heavy atom. The van der Waals surface area contributed by atoms with E-state index in [4.69, 9.17) is 9.47 Å². The molecule has 0 saturated carbocycles. The largest absolute Gasteiger partial charge is 0.465 e. The third-order valence-electron chi connectivity index (χ3n) is 1.32. The molecule has 0 bridgehead atoms. The Morgan fingerprint density at radius 3 is 2.29 bits per heavy atom.